The first-order valence-electron chi connectivity index (χ1n) is 8.36. The number of benzene rings is 1. The third-order valence-corrected chi connectivity index (χ3v) is 6.48. The highest BCUT2D eigenvalue weighted by atomic mass is 32.2. The van der Waals surface area contributed by atoms with Gasteiger partial charge in [-0.15, -0.1) is 0 Å². The van der Waals surface area contributed by atoms with Gasteiger partial charge in [-0.05, 0) is 50.9 Å². The van der Waals surface area contributed by atoms with Gasteiger partial charge in [0, 0.05) is 5.75 Å². The Labute approximate surface area is 165 Å². The van der Waals surface area contributed by atoms with E-state index in [0.717, 1.165) is 11.0 Å². The topological polar surface area (TPSA) is 102 Å². The molecular weight excluding hydrogens is 389 g/mol. The summed E-state index contributed by atoms with van der Waals surface area (Å²) in [6.45, 7) is 7.19. The summed E-state index contributed by atoms with van der Waals surface area (Å²) in [5.41, 5.74) is 0.642. The van der Waals surface area contributed by atoms with Crippen LogP contribution >= 0.6 is 12.6 Å². The summed E-state index contributed by atoms with van der Waals surface area (Å²) in [6, 6.07) is 6.08. The minimum absolute atomic E-state index is 0.0102. The van der Waals surface area contributed by atoms with Crippen LogP contribution in [0.1, 0.15) is 33.3 Å². The summed E-state index contributed by atoms with van der Waals surface area (Å²) < 4.78 is 38.1. The molecule has 2 N–H and O–H groups in total. The zero-order valence-electron chi connectivity index (χ0n) is 15.7. The maximum atomic E-state index is 12.0. The second-order valence-corrected chi connectivity index (χ2v) is 9.34. The number of aliphatic carboxylic acids is 1. The number of carboxylic acid groups (broad SMARTS) is 1. The Morgan fingerprint density at radius 3 is 2.15 bits per heavy atom. The van der Waals surface area contributed by atoms with Crippen molar-refractivity contribution < 1.29 is 27.6 Å². The molecule has 0 aromatic heterocycles. The van der Waals surface area contributed by atoms with Gasteiger partial charge in [-0.25, -0.2) is 8.42 Å². The number of nitrogens with one attached hydrogen (secondary N) is 1. The standard InChI is InChI=1S/C17H24BNO6S2/c1-16(2)17(3,4)25-18(24-16)13(11-26)9-12-5-7-14(8-6-12)27(22,23)19-10-15(20)21/h5-9,19,26H,10-11H2,1-4H3,(H,20,21). The highest BCUT2D eigenvalue weighted by molar-refractivity contribution is 7.89. The number of carboxylic acids is 1. The van der Waals surface area contributed by atoms with E-state index < -0.39 is 40.9 Å². The van der Waals surface area contributed by atoms with Crippen molar-refractivity contribution in [2.45, 2.75) is 43.8 Å². The molecule has 0 radical (unpaired) electrons. The van der Waals surface area contributed by atoms with E-state index in [-0.39, 0.29) is 4.90 Å². The fraction of sp³-hybridized carbons (Fsp3) is 0.471. The highest BCUT2D eigenvalue weighted by Gasteiger charge is 2.52. The first kappa shape index (κ1) is 22.0. The summed E-state index contributed by atoms with van der Waals surface area (Å²) >= 11 is 4.36. The van der Waals surface area contributed by atoms with Gasteiger partial charge >= 0.3 is 13.1 Å². The lowest BCUT2D eigenvalue weighted by Crippen LogP contribution is -2.41. The largest absolute Gasteiger partial charge is 0.491 e. The third kappa shape index (κ3) is 5.14. The Balaban J connectivity index is 2.20. The monoisotopic (exact) mass is 413 g/mol. The lowest BCUT2D eigenvalue weighted by Gasteiger charge is -2.32. The average molecular weight is 413 g/mol. The van der Waals surface area contributed by atoms with Crippen molar-refractivity contribution in [1.82, 2.24) is 4.72 Å². The second-order valence-electron chi connectivity index (χ2n) is 7.25. The molecule has 0 saturated carbocycles. The molecule has 27 heavy (non-hydrogen) atoms. The number of hydrogen-bond donors (Lipinski definition) is 3. The molecule has 148 valence electrons. The fourth-order valence-corrected chi connectivity index (χ4v) is 3.59. The number of thiol groups is 1. The minimum atomic E-state index is -3.87. The fourth-order valence-electron chi connectivity index (χ4n) is 2.38. The van der Waals surface area contributed by atoms with Gasteiger partial charge < -0.3 is 14.4 Å². The number of sulfonamides is 1. The van der Waals surface area contributed by atoms with Gasteiger partial charge in [0.15, 0.2) is 0 Å². The molecule has 0 atom stereocenters. The zero-order chi connectivity index (χ0) is 20.5. The zero-order valence-corrected chi connectivity index (χ0v) is 17.4. The Bertz CT molecular complexity index is 817. The van der Waals surface area contributed by atoms with E-state index in [1.165, 1.54) is 12.1 Å². The smallest absolute Gasteiger partial charge is 0.480 e. The van der Waals surface area contributed by atoms with Crippen LogP contribution in [-0.4, -0.2) is 50.1 Å². The van der Waals surface area contributed by atoms with Gasteiger partial charge in [-0.2, -0.15) is 17.4 Å². The van der Waals surface area contributed by atoms with E-state index in [1.54, 1.807) is 12.1 Å². The van der Waals surface area contributed by atoms with Gasteiger partial charge in [-0.3, -0.25) is 4.79 Å². The SMILES string of the molecule is CC1(C)OB(C(=Cc2ccc(S(=O)(=O)NCC(=O)O)cc2)CS)OC1(C)C. The predicted octanol–water partition coefficient (Wildman–Crippen LogP) is 1.99. The van der Waals surface area contributed by atoms with Crippen LogP contribution in [0.15, 0.2) is 34.6 Å². The molecule has 2 rings (SSSR count). The van der Waals surface area contributed by atoms with E-state index in [0.29, 0.717) is 5.75 Å². The van der Waals surface area contributed by atoms with Crippen LogP contribution in [0.4, 0.5) is 0 Å². The summed E-state index contributed by atoms with van der Waals surface area (Å²) in [7, 11) is -4.40. The van der Waals surface area contributed by atoms with Crippen molar-refractivity contribution in [1.29, 1.82) is 0 Å². The maximum Gasteiger partial charge on any atom is 0.491 e. The van der Waals surface area contributed by atoms with Crippen LogP contribution in [0.25, 0.3) is 6.08 Å². The first-order chi connectivity index (χ1) is 12.4. The lowest BCUT2D eigenvalue weighted by molar-refractivity contribution is -0.135. The molecule has 1 fully saturated rings. The molecule has 0 aliphatic carbocycles. The Hall–Kier alpha value is -1.33. The van der Waals surface area contributed by atoms with Crippen LogP contribution in [0, 0.1) is 0 Å². The summed E-state index contributed by atoms with van der Waals surface area (Å²) in [5.74, 6) is -0.837. The van der Waals surface area contributed by atoms with E-state index in [1.807, 2.05) is 38.5 Å². The molecule has 1 aliphatic rings. The molecule has 0 bridgehead atoms. The Kier molecular flexibility index (Phi) is 6.48. The molecule has 0 spiro atoms. The molecule has 1 saturated heterocycles. The van der Waals surface area contributed by atoms with E-state index in [2.05, 4.69) is 12.6 Å². The molecule has 0 unspecified atom stereocenters. The normalized spacial score (nSPS) is 19.3. The summed E-state index contributed by atoms with van der Waals surface area (Å²) in [6.07, 6.45) is 1.84. The highest BCUT2D eigenvalue weighted by Crippen LogP contribution is 2.39. The second kappa shape index (κ2) is 7.96. The summed E-state index contributed by atoms with van der Waals surface area (Å²) in [4.78, 5) is 10.5. The molecular formula is C17H24BNO6S2. The molecule has 10 heteroatoms. The van der Waals surface area contributed by atoms with E-state index in [4.69, 9.17) is 14.4 Å². The molecule has 7 nitrogen and oxygen atoms in total. The Morgan fingerprint density at radius 1 is 1.19 bits per heavy atom. The van der Waals surface area contributed by atoms with Crippen LogP contribution in [-0.2, 0) is 24.1 Å². The quantitative estimate of drug-likeness (QED) is 0.467. The Morgan fingerprint density at radius 2 is 1.70 bits per heavy atom. The third-order valence-electron chi connectivity index (χ3n) is 4.69. The number of rotatable bonds is 7. The van der Waals surface area contributed by atoms with Crippen LogP contribution < -0.4 is 4.72 Å². The lowest BCUT2D eigenvalue weighted by atomic mass is 9.78. The molecule has 1 aromatic rings. The molecule has 1 heterocycles. The number of carbonyl (C=O) groups is 1. The van der Waals surface area contributed by atoms with Gasteiger partial charge in [-0.1, -0.05) is 18.2 Å². The van der Waals surface area contributed by atoms with E-state index >= 15 is 0 Å². The predicted molar refractivity (Wildman–Crippen MR) is 107 cm³/mol. The van der Waals surface area contributed by atoms with Gasteiger partial charge in [0.05, 0.1) is 16.1 Å². The van der Waals surface area contributed by atoms with Crippen LogP contribution in [0.2, 0.25) is 0 Å². The van der Waals surface area contributed by atoms with Crippen molar-refractivity contribution in [3.8, 4) is 0 Å². The van der Waals surface area contributed by atoms with Crippen molar-refractivity contribution in [2.75, 3.05) is 12.3 Å². The first-order valence-corrected chi connectivity index (χ1v) is 10.5. The minimum Gasteiger partial charge on any atom is -0.480 e. The van der Waals surface area contributed by atoms with Crippen molar-refractivity contribution in [2.24, 2.45) is 0 Å². The maximum absolute atomic E-state index is 12.0. The van der Waals surface area contributed by atoms with Crippen LogP contribution in [0.5, 0.6) is 0 Å². The van der Waals surface area contributed by atoms with Crippen molar-refractivity contribution >= 4 is 41.8 Å². The van der Waals surface area contributed by atoms with Gasteiger partial charge in [0.25, 0.3) is 0 Å². The average Bonchev–Trinajstić information content (AvgIpc) is 2.79. The molecule has 0 amide bonds. The summed E-state index contributed by atoms with van der Waals surface area (Å²) in [5, 5.41) is 8.61. The van der Waals surface area contributed by atoms with Crippen molar-refractivity contribution in [3.05, 3.63) is 35.3 Å². The van der Waals surface area contributed by atoms with Crippen LogP contribution in [0.3, 0.4) is 0 Å². The molecule has 1 aromatic carbocycles. The van der Waals surface area contributed by atoms with Gasteiger partial charge in [0.2, 0.25) is 10.0 Å². The molecule has 1 aliphatic heterocycles. The van der Waals surface area contributed by atoms with Gasteiger partial charge in [0.1, 0.15) is 6.54 Å². The van der Waals surface area contributed by atoms with Crippen molar-refractivity contribution in [3.63, 3.8) is 0 Å². The number of hydrogen-bond acceptors (Lipinski definition) is 6. The van der Waals surface area contributed by atoms with E-state index in [9.17, 15) is 13.2 Å².